The van der Waals surface area contributed by atoms with Crippen LogP contribution in [-0.4, -0.2) is 5.78 Å². The molecule has 0 radical (unpaired) electrons. The molecule has 0 fully saturated rings. The third-order valence-corrected chi connectivity index (χ3v) is 1.30. The Morgan fingerprint density at radius 1 is 1.86 bits per heavy atom. The first-order valence-electron chi connectivity index (χ1n) is 1.85. The molecule has 0 saturated heterocycles. The lowest BCUT2D eigenvalue weighted by Gasteiger charge is -1.89. The summed E-state index contributed by atoms with van der Waals surface area (Å²) in [5.74, 6) is -0.0131. The van der Waals surface area contributed by atoms with Crippen LogP contribution in [0.5, 0.6) is 0 Å². The topological polar surface area (TPSA) is 43.1 Å². The first-order valence-corrected chi connectivity index (χ1v) is 2.92. The molecule has 0 amide bonds. The van der Waals surface area contributed by atoms with E-state index in [9.17, 15) is 4.79 Å². The van der Waals surface area contributed by atoms with Gasteiger partial charge < -0.3 is 5.50 Å². The molecule has 0 aliphatic carbocycles. The first-order chi connectivity index (χ1) is 3.18. The van der Waals surface area contributed by atoms with Crippen molar-refractivity contribution in [2.45, 2.75) is 6.92 Å². The Balaban J connectivity index is 3.58. The average Bonchev–Trinajstić information content (AvgIpc) is 1.65. The van der Waals surface area contributed by atoms with E-state index < -0.39 is 0 Å². The van der Waals surface area contributed by atoms with E-state index in [4.69, 9.17) is 5.50 Å². The molecule has 40 valence electrons. The number of ketones is 1. The summed E-state index contributed by atoms with van der Waals surface area (Å²) in [6.07, 6.45) is 0. The van der Waals surface area contributed by atoms with E-state index in [2.05, 4.69) is 6.58 Å². The lowest BCUT2D eigenvalue weighted by atomic mass is 10.4. The quantitative estimate of drug-likeness (QED) is 0.426. The third-order valence-electron chi connectivity index (χ3n) is 0.599. The van der Waals surface area contributed by atoms with Gasteiger partial charge in [0.1, 0.15) is 0 Å². The highest BCUT2D eigenvalue weighted by atomic mass is 31.1. The number of hydrogen-bond acceptors (Lipinski definition) is 2. The predicted octanol–water partition coefficient (Wildman–Crippen LogP) is 0.641. The second-order valence-electron chi connectivity index (χ2n) is 1.18. The summed E-state index contributed by atoms with van der Waals surface area (Å²) in [6.45, 7) is 4.87. The van der Waals surface area contributed by atoms with Crippen LogP contribution in [-0.2, 0) is 4.79 Å². The Hall–Kier alpha value is -0.200. The van der Waals surface area contributed by atoms with Crippen LogP contribution in [0, 0.1) is 0 Å². The first kappa shape index (κ1) is 6.80. The molecule has 0 aliphatic rings. The summed E-state index contributed by atoms with van der Waals surface area (Å²) in [6, 6.07) is 0. The maximum atomic E-state index is 10.2. The summed E-state index contributed by atoms with van der Waals surface area (Å²) in [4.78, 5) is 10.2. The number of carbonyl (C=O) groups is 1. The molecule has 0 aromatic carbocycles. The molecule has 0 saturated carbocycles. The summed E-state index contributed by atoms with van der Waals surface area (Å²) >= 11 is 0. The van der Waals surface area contributed by atoms with E-state index in [-0.39, 0.29) is 14.5 Å². The molecular weight excluding hydrogens is 109 g/mol. The zero-order chi connectivity index (χ0) is 5.86. The molecule has 2 N–H and O–H groups in total. The molecular formula is C4H8NOP. The minimum absolute atomic E-state index is 0.0131. The van der Waals surface area contributed by atoms with Gasteiger partial charge in [0.15, 0.2) is 5.78 Å². The van der Waals surface area contributed by atoms with Gasteiger partial charge in [-0.1, -0.05) is 6.58 Å². The largest absolute Gasteiger partial charge is 0.308 e. The van der Waals surface area contributed by atoms with Gasteiger partial charge in [0.2, 0.25) is 0 Å². The molecule has 0 spiro atoms. The van der Waals surface area contributed by atoms with Crippen LogP contribution in [0.3, 0.4) is 0 Å². The summed E-state index contributed by atoms with van der Waals surface area (Å²) in [5.41, 5.74) is 5.08. The molecule has 1 atom stereocenters. The molecule has 0 aromatic rings. The number of carbonyl (C=O) groups excluding carboxylic acids is 1. The van der Waals surface area contributed by atoms with Crippen molar-refractivity contribution in [3.8, 4) is 0 Å². The molecule has 3 heteroatoms. The highest BCUT2D eigenvalue weighted by Crippen LogP contribution is 2.11. The van der Waals surface area contributed by atoms with Gasteiger partial charge in [0.05, 0.1) is 0 Å². The van der Waals surface area contributed by atoms with Crippen molar-refractivity contribution < 1.29 is 4.79 Å². The Labute approximate surface area is 44.6 Å². The van der Waals surface area contributed by atoms with Gasteiger partial charge in [0.25, 0.3) is 0 Å². The smallest absolute Gasteiger partial charge is 0.160 e. The number of Topliss-reactive ketones (excluding diaryl/α,β-unsaturated/α-hetero) is 1. The third kappa shape index (κ3) is 2.49. The van der Waals surface area contributed by atoms with Crippen molar-refractivity contribution >= 4 is 14.5 Å². The van der Waals surface area contributed by atoms with Crippen LogP contribution in [0.1, 0.15) is 6.92 Å². The maximum Gasteiger partial charge on any atom is 0.160 e. The summed E-state index contributed by atoms with van der Waals surface area (Å²) in [7, 11) is 0.0679. The Kier molecular flexibility index (Phi) is 2.81. The molecule has 0 heterocycles. The van der Waals surface area contributed by atoms with E-state index in [0.29, 0.717) is 5.31 Å². The lowest BCUT2D eigenvalue weighted by Crippen LogP contribution is -1.90. The van der Waals surface area contributed by atoms with Crippen LogP contribution in [0.15, 0.2) is 11.9 Å². The Bertz CT molecular complexity index is 99.9. The fraction of sp³-hybridized carbons (Fsp3) is 0.250. The molecule has 0 rings (SSSR count). The van der Waals surface area contributed by atoms with Gasteiger partial charge in [-0.05, 0) is 15.7 Å². The van der Waals surface area contributed by atoms with Crippen LogP contribution in [0.25, 0.3) is 0 Å². The minimum atomic E-state index is -0.0131. The zero-order valence-corrected chi connectivity index (χ0v) is 5.19. The van der Waals surface area contributed by atoms with Crippen LogP contribution < -0.4 is 5.50 Å². The average molecular weight is 117 g/mol. The van der Waals surface area contributed by atoms with Gasteiger partial charge in [0, 0.05) is 5.31 Å². The summed E-state index contributed by atoms with van der Waals surface area (Å²) < 4.78 is 0. The number of nitrogens with two attached hydrogens (primary N) is 1. The highest BCUT2D eigenvalue weighted by molar-refractivity contribution is 7.42. The Morgan fingerprint density at radius 3 is 2.29 bits per heavy atom. The highest BCUT2D eigenvalue weighted by Gasteiger charge is 1.93. The maximum absolute atomic E-state index is 10.2. The van der Waals surface area contributed by atoms with Crippen molar-refractivity contribution in [1.29, 1.82) is 0 Å². The van der Waals surface area contributed by atoms with Crippen molar-refractivity contribution in [1.82, 2.24) is 0 Å². The van der Waals surface area contributed by atoms with E-state index in [1.807, 2.05) is 0 Å². The van der Waals surface area contributed by atoms with Gasteiger partial charge in [-0.2, -0.15) is 0 Å². The van der Waals surface area contributed by atoms with E-state index >= 15 is 0 Å². The van der Waals surface area contributed by atoms with E-state index in [1.54, 1.807) is 0 Å². The predicted molar refractivity (Wildman–Crippen MR) is 32.3 cm³/mol. The normalized spacial score (nSPS) is 10.0. The van der Waals surface area contributed by atoms with Gasteiger partial charge in [-0.3, -0.25) is 4.79 Å². The van der Waals surface area contributed by atoms with E-state index in [1.165, 1.54) is 6.92 Å². The zero-order valence-electron chi connectivity index (χ0n) is 4.19. The van der Waals surface area contributed by atoms with Crippen molar-refractivity contribution in [3.63, 3.8) is 0 Å². The van der Waals surface area contributed by atoms with Gasteiger partial charge in [-0.25, -0.2) is 0 Å². The molecule has 2 nitrogen and oxygen atoms in total. The number of rotatable bonds is 2. The van der Waals surface area contributed by atoms with Crippen molar-refractivity contribution in [2.75, 3.05) is 0 Å². The van der Waals surface area contributed by atoms with Crippen molar-refractivity contribution in [2.24, 2.45) is 5.50 Å². The molecule has 0 aromatic heterocycles. The van der Waals surface area contributed by atoms with Gasteiger partial charge in [-0.15, -0.1) is 0 Å². The minimum Gasteiger partial charge on any atom is -0.308 e. The second-order valence-corrected chi connectivity index (χ2v) is 2.07. The number of allylic oxidation sites excluding steroid dienone is 1. The lowest BCUT2D eigenvalue weighted by molar-refractivity contribution is -0.112. The second kappa shape index (κ2) is 2.89. The van der Waals surface area contributed by atoms with Gasteiger partial charge >= 0.3 is 0 Å². The monoisotopic (exact) mass is 117 g/mol. The summed E-state index contributed by atoms with van der Waals surface area (Å²) in [5, 5.41) is 0.514. The Morgan fingerprint density at radius 2 is 2.29 bits per heavy atom. The standard InChI is InChI=1S/C4H8NOP/c1-3(6)4(2)7-5/h7H,2,5H2,1H3. The molecule has 0 bridgehead atoms. The molecule has 1 unspecified atom stereocenters. The fourth-order valence-electron chi connectivity index (χ4n) is 0.102. The fourth-order valence-corrected chi connectivity index (χ4v) is 0.305. The van der Waals surface area contributed by atoms with Crippen LogP contribution >= 0.6 is 8.73 Å². The molecule has 7 heavy (non-hydrogen) atoms. The SMILES string of the molecule is C=C(PN)C(C)=O. The van der Waals surface area contributed by atoms with Crippen LogP contribution in [0.4, 0.5) is 0 Å². The van der Waals surface area contributed by atoms with Crippen molar-refractivity contribution in [3.05, 3.63) is 11.9 Å². The number of hydrogen-bond donors (Lipinski definition) is 1. The van der Waals surface area contributed by atoms with Crippen LogP contribution in [0.2, 0.25) is 0 Å². The van der Waals surface area contributed by atoms with E-state index in [0.717, 1.165) is 0 Å². The molecule has 0 aliphatic heterocycles.